The summed E-state index contributed by atoms with van der Waals surface area (Å²) in [5, 5.41) is 10.3. The summed E-state index contributed by atoms with van der Waals surface area (Å²) in [5.41, 5.74) is 2.90. The van der Waals surface area contributed by atoms with Crippen LogP contribution in [0.5, 0.6) is 0 Å². The molecule has 114 valence electrons. The fourth-order valence-electron chi connectivity index (χ4n) is 3.10. The largest absolute Gasteiger partial charge is 0.421 e. The number of benzene rings is 1. The van der Waals surface area contributed by atoms with Crippen molar-refractivity contribution in [2.75, 3.05) is 38.1 Å². The Balaban J connectivity index is 2.30. The molecular formula is C17H19N3O2. The van der Waals surface area contributed by atoms with Crippen molar-refractivity contribution in [2.45, 2.75) is 13.8 Å². The Hall–Kier alpha value is -2.32. The van der Waals surface area contributed by atoms with Crippen LogP contribution in [0.15, 0.2) is 21.3 Å². The number of rotatable bonds is 1. The van der Waals surface area contributed by atoms with Gasteiger partial charge in [-0.15, -0.1) is 0 Å². The van der Waals surface area contributed by atoms with Gasteiger partial charge in [0.1, 0.15) is 11.7 Å². The monoisotopic (exact) mass is 297 g/mol. The third-order valence-electron chi connectivity index (χ3n) is 4.24. The number of nitrogens with zero attached hydrogens (tertiary/aromatic N) is 3. The second kappa shape index (κ2) is 5.47. The Bertz CT molecular complexity index is 824. The zero-order valence-electron chi connectivity index (χ0n) is 13.1. The molecule has 3 rings (SSSR count). The van der Waals surface area contributed by atoms with E-state index in [4.69, 9.17) is 4.42 Å². The summed E-state index contributed by atoms with van der Waals surface area (Å²) >= 11 is 0. The van der Waals surface area contributed by atoms with Crippen molar-refractivity contribution in [1.29, 1.82) is 5.26 Å². The third-order valence-corrected chi connectivity index (χ3v) is 4.24. The van der Waals surface area contributed by atoms with Gasteiger partial charge in [-0.3, -0.25) is 0 Å². The van der Waals surface area contributed by atoms with E-state index >= 15 is 0 Å². The molecule has 1 saturated heterocycles. The Morgan fingerprint density at radius 3 is 2.50 bits per heavy atom. The van der Waals surface area contributed by atoms with E-state index in [2.05, 4.69) is 16.8 Å². The highest BCUT2D eigenvalue weighted by atomic mass is 16.4. The van der Waals surface area contributed by atoms with Crippen molar-refractivity contribution in [1.82, 2.24) is 4.90 Å². The summed E-state index contributed by atoms with van der Waals surface area (Å²) in [6, 6.07) is 6.03. The van der Waals surface area contributed by atoms with E-state index in [9.17, 15) is 10.1 Å². The highest BCUT2D eigenvalue weighted by Gasteiger charge is 2.23. The smallest absolute Gasteiger partial charge is 0.356 e. The van der Waals surface area contributed by atoms with Crippen LogP contribution in [-0.4, -0.2) is 38.1 Å². The first-order valence-corrected chi connectivity index (χ1v) is 7.43. The fourth-order valence-corrected chi connectivity index (χ4v) is 3.10. The van der Waals surface area contributed by atoms with E-state index in [-0.39, 0.29) is 5.56 Å². The molecule has 5 heteroatoms. The number of hydrogen-bond acceptors (Lipinski definition) is 5. The molecular weight excluding hydrogens is 278 g/mol. The first-order valence-electron chi connectivity index (χ1n) is 7.43. The Labute approximate surface area is 129 Å². The van der Waals surface area contributed by atoms with Gasteiger partial charge in [0, 0.05) is 31.6 Å². The molecule has 1 fully saturated rings. The molecule has 2 aromatic rings. The van der Waals surface area contributed by atoms with Gasteiger partial charge in [0.25, 0.3) is 0 Å². The topological polar surface area (TPSA) is 60.5 Å². The number of piperazine rings is 1. The van der Waals surface area contributed by atoms with Crippen LogP contribution in [0.2, 0.25) is 0 Å². The first-order chi connectivity index (χ1) is 10.5. The maximum Gasteiger partial charge on any atom is 0.356 e. The van der Waals surface area contributed by atoms with E-state index in [1.165, 1.54) is 0 Å². The number of nitriles is 1. The van der Waals surface area contributed by atoms with Crippen molar-refractivity contribution in [3.8, 4) is 6.07 Å². The van der Waals surface area contributed by atoms with Gasteiger partial charge in [-0.1, -0.05) is 6.07 Å². The molecule has 1 aromatic heterocycles. The van der Waals surface area contributed by atoms with E-state index in [0.29, 0.717) is 5.58 Å². The van der Waals surface area contributed by atoms with Crippen LogP contribution in [0.1, 0.15) is 16.7 Å². The maximum absolute atomic E-state index is 12.2. The van der Waals surface area contributed by atoms with Gasteiger partial charge in [0.05, 0.1) is 5.69 Å². The van der Waals surface area contributed by atoms with Crippen LogP contribution < -0.4 is 10.5 Å². The molecule has 0 saturated carbocycles. The Morgan fingerprint density at radius 2 is 1.86 bits per heavy atom. The lowest BCUT2D eigenvalue weighted by Crippen LogP contribution is -2.45. The lowest BCUT2D eigenvalue weighted by atomic mass is 10.0. The van der Waals surface area contributed by atoms with Crippen LogP contribution in [0.4, 0.5) is 5.69 Å². The number of aryl methyl sites for hydroxylation is 2. The minimum absolute atomic E-state index is 0.113. The van der Waals surface area contributed by atoms with E-state index in [1.807, 2.05) is 32.0 Å². The van der Waals surface area contributed by atoms with Gasteiger partial charge in [-0.25, -0.2) is 4.79 Å². The van der Waals surface area contributed by atoms with Gasteiger partial charge in [0.2, 0.25) is 0 Å². The molecule has 1 aliphatic rings. The van der Waals surface area contributed by atoms with E-state index < -0.39 is 5.63 Å². The number of anilines is 1. The lowest BCUT2D eigenvalue weighted by Gasteiger charge is -2.34. The van der Waals surface area contributed by atoms with Crippen molar-refractivity contribution < 1.29 is 4.42 Å². The maximum atomic E-state index is 12.2. The Morgan fingerprint density at radius 1 is 1.18 bits per heavy atom. The van der Waals surface area contributed by atoms with Crippen LogP contribution >= 0.6 is 0 Å². The van der Waals surface area contributed by atoms with Gasteiger partial charge in [-0.05, 0) is 38.1 Å². The second-order valence-electron chi connectivity index (χ2n) is 5.97. The van der Waals surface area contributed by atoms with Crippen LogP contribution in [0.3, 0.4) is 0 Å². The van der Waals surface area contributed by atoms with Gasteiger partial charge in [-0.2, -0.15) is 5.26 Å². The number of likely N-dealkylation sites (N-methyl/N-ethyl adjacent to an activating group) is 1. The normalized spacial score (nSPS) is 16.0. The van der Waals surface area contributed by atoms with Crippen LogP contribution in [0.25, 0.3) is 11.0 Å². The highest BCUT2D eigenvalue weighted by Crippen LogP contribution is 2.31. The van der Waals surface area contributed by atoms with Gasteiger partial charge < -0.3 is 14.2 Å². The summed E-state index contributed by atoms with van der Waals surface area (Å²) < 4.78 is 5.41. The molecule has 2 heterocycles. The van der Waals surface area contributed by atoms with Gasteiger partial charge >= 0.3 is 5.63 Å². The average Bonchev–Trinajstić information content (AvgIpc) is 2.48. The summed E-state index contributed by atoms with van der Waals surface area (Å²) in [5.74, 6) is 0. The highest BCUT2D eigenvalue weighted by molar-refractivity contribution is 5.95. The molecule has 0 spiro atoms. The first kappa shape index (κ1) is 14.6. The molecule has 1 aliphatic heterocycles. The molecule has 0 unspecified atom stereocenters. The van der Waals surface area contributed by atoms with Crippen molar-refractivity contribution >= 4 is 16.7 Å². The summed E-state index contributed by atoms with van der Waals surface area (Å²) in [6.45, 7) is 7.37. The van der Waals surface area contributed by atoms with Crippen molar-refractivity contribution in [3.05, 3.63) is 39.2 Å². The molecule has 1 aromatic carbocycles. The minimum Gasteiger partial charge on any atom is -0.421 e. The molecule has 0 aliphatic carbocycles. The molecule has 0 amide bonds. The predicted octanol–water partition coefficient (Wildman–Crippen LogP) is 2.03. The van der Waals surface area contributed by atoms with Crippen LogP contribution in [-0.2, 0) is 0 Å². The fraction of sp³-hybridized carbons (Fsp3) is 0.412. The van der Waals surface area contributed by atoms with E-state index in [1.54, 1.807) is 0 Å². The van der Waals surface area contributed by atoms with Crippen molar-refractivity contribution in [3.63, 3.8) is 0 Å². The molecule has 0 radical (unpaired) electrons. The molecule has 5 nitrogen and oxygen atoms in total. The summed E-state index contributed by atoms with van der Waals surface area (Å²) in [7, 11) is 2.08. The second-order valence-corrected chi connectivity index (χ2v) is 5.97. The third kappa shape index (κ3) is 2.36. The molecule has 0 N–H and O–H groups in total. The zero-order valence-corrected chi connectivity index (χ0v) is 13.1. The van der Waals surface area contributed by atoms with Crippen molar-refractivity contribution in [2.24, 2.45) is 0 Å². The zero-order chi connectivity index (χ0) is 15.9. The standard InChI is InChI=1S/C17H19N3O2/c1-11-8-12(2)16-13(9-11)15(14(10-18)17(21)22-16)20-6-4-19(3)5-7-20/h8-9H,4-7H2,1-3H3. The van der Waals surface area contributed by atoms with E-state index in [0.717, 1.165) is 48.4 Å². The predicted molar refractivity (Wildman–Crippen MR) is 86.4 cm³/mol. The molecule has 0 atom stereocenters. The lowest BCUT2D eigenvalue weighted by molar-refractivity contribution is 0.313. The summed E-state index contributed by atoms with van der Waals surface area (Å²) in [6.07, 6.45) is 0. The average molecular weight is 297 g/mol. The van der Waals surface area contributed by atoms with Crippen LogP contribution in [0, 0.1) is 25.2 Å². The quantitative estimate of drug-likeness (QED) is 0.754. The Kier molecular flexibility index (Phi) is 3.63. The summed E-state index contributed by atoms with van der Waals surface area (Å²) in [4.78, 5) is 16.6. The number of hydrogen-bond donors (Lipinski definition) is 0. The van der Waals surface area contributed by atoms with Gasteiger partial charge in [0.15, 0.2) is 5.56 Å². The number of fused-ring (bicyclic) bond motifs is 1. The molecule has 0 bridgehead atoms. The molecule has 22 heavy (non-hydrogen) atoms. The minimum atomic E-state index is -0.545. The SMILES string of the molecule is Cc1cc(C)c2oc(=O)c(C#N)c(N3CCN(C)CC3)c2c1.